The first-order valence-electron chi connectivity index (χ1n) is 9.35. The van der Waals surface area contributed by atoms with Crippen LogP contribution in [0.5, 0.6) is 11.5 Å². The van der Waals surface area contributed by atoms with Gasteiger partial charge in [0.25, 0.3) is 0 Å². The maximum absolute atomic E-state index is 12.5. The van der Waals surface area contributed by atoms with Crippen LogP contribution >= 0.6 is 0 Å². The molecular formula is C19H25N3O4. The lowest BCUT2D eigenvalue weighted by molar-refractivity contribution is -0.117. The van der Waals surface area contributed by atoms with E-state index in [4.69, 9.17) is 9.47 Å². The number of anilines is 1. The normalized spacial score (nSPS) is 23.3. The molecule has 3 amide bonds. The highest BCUT2D eigenvalue weighted by Gasteiger charge is 2.33. The Morgan fingerprint density at radius 2 is 1.88 bits per heavy atom. The molecule has 0 aromatic heterocycles. The Morgan fingerprint density at radius 1 is 1.15 bits per heavy atom. The maximum Gasteiger partial charge on any atom is 0.317 e. The molecule has 0 spiro atoms. The van der Waals surface area contributed by atoms with Crippen LogP contribution in [0.25, 0.3) is 0 Å². The third-order valence-electron chi connectivity index (χ3n) is 5.36. The largest absolute Gasteiger partial charge is 0.486 e. The number of hydrogen-bond donors (Lipinski definition) is 1. The number of ether oxygens (including phenoxy) is 2. The maximum atomic E-state index is 12.5. The summed E-state index contributed by atoms with van der Waals surface area (Å²) in [6.45, 7) is 5.33. The van der Waals surface area contributed by atoms with Gasteiger partial charge >= 0.3 is 6.03 Å². The molecule has 4 rings (SSSR count). The van der Waals surface area contributed by atoms with Crippen molar-refractivity contribution in [2.24, 2.45) is 5.92 Å². The number of urea groups is 1. The zero-order valence-corrected chi connectivity index (χ0v) is 15.1. The molecular weight excluding hydrogens is 334 g/mol. The van der Waals surface area contributed by atoms with Crippen molar-refractivity contribution in [1.29, 1.82) is 0 Å². The lowest BCUT2D eigenvalue weighted by Crippen LogP contribution is -2.48. The number of piperidine rings is 1. The third-order valence-corrected chi connectivity index (χ3v) is 5.36. The molecule has 1 aromatic carbocycles. The number of hydrogen-bond acceptors (Lipinski definition) is 4. The highest BCUT2D eigenvalue weighted by Crippen LogP contribution is 2.35. The minimum absolute atomic E-state index is 0.0132. The monoisotopic (exact) mass is 359 g/mol. The van der Waals surface area contributed by atoms with Crippen LogP contribution in [0.3, 0.4) is 0 Å². The van der Waals surface area contributed by atoms with Crippen molar-refractivity contribution in [3.8, 4) is 11.5 Å². The van der Waals surface area contributed by atoms with Crippen LogP contribution in [0.1, 0.15) is 26.2 Å². The minimum atomic E-state index is -0.164. The Labute approximate surface area is 153 Å². The molecule has 3 aliphatic rings. The molecule has 0 saturated carbocycles. The fourth-order valence-electron chi connectivity index (χ4n) is 3.73. The van der Waals surface area contributed by atoms with Crippen molar-refractivity contribution in [1.82, 2.24) is 10.2 Å². The van der Waals surface area contributed by atoms with Crippen LogP contribution in [0.15, 0.2) is 18.2 Å². The van der Waals surface area contributed by atoms with Gasteiger partial charge < -0.3 is 24.6 Å². The van der Waals surface area contributed by atoms with Crippen LogP contribution in [0, 0.1) is 5.92 Å². The summed E-state index contributed by atoms with van der Waals surface area (Å²) >= 11 is 0. The fraction of sp³-hybridized carbons (Fsp3) is 0.579. The molecule has 1 aromatic rings. The zero-order chi connectivity index (χ0) is 18.1. The first-order chi connectivity index (χ1) is 12.6. The van der Waals surface area contributed by atoms with Crippen molar-refractivity contribution >= 4 is 17.6 Å². The van der Waals surface area contributed by atoms with E-state index in [9.17, 15) is 9.59 Å². The number of nitrogens with zero attached hydrogens (tertiary/aromatic N) is 2. The van der Waals surface area contributed by atoms with Crippen molar-refractivity contribution < 1.29 is 19.1 Å². The molecule has 7 nitrogen and oxygen atoms in total. The highest BCUT2D eigenvalue weighted by atomic mass is 16.6. The summed E-state index contributed by atoms with van der Waals surface area (Å²) in [5.74, 6) is 2.06. The Kier molecular flexibility index (Phi) is 4.61. The van der Waals surface area contributed by atoms with E-state index in [0.29, 0.717) is 43.6 Å². The standard InChI is InChI=1S/C19H25N3O4/c1-13-4-6-21(7-5-13)19(24)20-14-10-18(23)22(12-14)15-2-3-16-17(11-15)26-9-8-25-16/h2-3,11,13-14H,4-10,12H2,1H3,(H,20,24)/t14-/m0/s1. The number of amides is 3. The van der Waals surface area contributed by atoms with E-state index in [1.165, 1.54) is 0 Å². The Bertz CT molecular complexity index is 700. The lowest BCUT2D eigenvalue weighted by atomic mass is 10.00. The molecule has 1 atom stereocenters. The van der Waals surface area contributed by atoms with Crippen LogP contribution in [0.4, 0.5) is 10.5 Å². The minimum Gasteiger partial charge on any atom is -0.486 e. The molecule has 2 saturated heterocycles. The van der Waals surface area contributed by atoms with Crippen molar-refractivity contribution in [3.05, 3.63) is 18.2 Å². The van der Waals surface area contributed by atoms with Gasteiger partial charge in [-0.25, -0.2) is 4.79 Å². The summed E-state index contributed by atoms with van der Waals surface area (Å²) in [4.78, 5) is 28.5. The molecule has 3 aliphatic heterocycles. The summed E-state index contributed by atoms with van der Waals surface area (Å²) in [5, 5.41) is 3.02. The number of fused-ring (bicyclic) bond motifs is 1. The van der Waals surface area contributed by atoms with Crippen molar-refractivity contribution in [2.45, 2.75) is 32.2 Å². The smallest absolute Gasteiger partial charge is 0.317 e. The SMILES string of the molecule is CC1CCN(C(=O)N[C@H]2CC(=O)N(c3ccc4c(c3)OCCO4)C2)CC1. The number of carbonyl (C=O) groups excluding carboxylic acids is 2. The van der Waals surface area contributed by atoms with Gasteiger partial charge in [0.15, 0.2) is 11.5 Å². The van der Waals surface area contributed by atoms with Gasteiger partial charge in [0, 0.05) is 37.8 Å². The predicted octanol–water partition coefficient (Wildman–Crippen LogP) is 2.00. The summed E-state index contributed by atoms with van der Waals surface area (Å²) in [5.41, 5.74) is 0.780. The summed E-state index contributed by atoms with van der Waals surface area (Å²) < 4.78 is 11.1. The quantitative estimate of drug-likeness (QED) is 0.877. The Morgan fingerprint density at radius 3 is 2.65 bits per heavy atom. The van der Waals surface area contributed by atoms with Gasteiger partial charge in [-0.15, -0.1) is 0 Å². The van der Waals surface area contributed by atoms with Gasteiger partial charge in [-0.05, 0) is 30.9 Å². The third kappa shape index (κ3) is 3.43. The molecule has 1 N–H and O–H groups in total. The predicted molar refractivity (Wildman–Crippen MR) is 96.7 cm³/mol. The molecule has 26 heavy (non-hydrogen) atoms. The van der Waals surface area contributed by atoms with Crippen LogP contribution in [0.2, 0.25) is 0 Å². The van der Waals surface area contributed by atoms with E-state index < -0.39 is 0 Å². The van der Waals surface area contributed by atoms with E-state index in [0.717, 1.165) is 31.6 Å². The molecule has 0 aliphatic carbocycles. The average Bonchev–Trinajstić information content (AvgIpc) is 3.02. The highest BCUT2D eigenvalue weighted by molar-refractivity contribution is 5.97. The molecule has 3 heterocycles. The zero-order valence-electron chi connectivity index (χ0n) is 15.1. The van der Waals surface area contributed by atoms with Crippen molar-refractivity contribution in [2.75, 3.05) is 37.7 Å². The van der Waals surface area contributed by atoms with Gasteiger partial charge in [0.05, 0.1) is 6.04 Å². The number of nitrogens with one attached hydrogen (secondary N) is 1. The van der Waals surface area contributed by atoms with Crippen LogP contribution in [-0.2, 0) is 4.79 Å². The second kappa shape index (κ2) is 7.05. The van der Waals surface area contributed by atoms with Crippen molar-refractivity contribution in [3.63, 3.8) is 0 Å². The topological polar surface area (TPSA) is 71.1 Å². The number of benzene rings is 1. The van der Waals surface area contributed by atoms with E-state index in [2.05, 4.69) is 12.2 Å². The number of carbonyl (C=O) groups is 2. The molecule has 0 bridgehead atoms. The first-order valence-corrected chi connectivity index (χ1v) is 9.35. The van der Waals surface area contributed by atoms with E-state index in [1.54, 1.807) is 4.90 Å². The van der Waals surface area contributed by atoms with Crippen LogP contribution in [-0.4, -0.2) is 55.7 Å². The van der Waals surface area contributed by atoms with Gasteiger partial charge in [0.1, 0.15) is 13.2 Å². The Balaban J connectivity index is 1.38. The first kappa shape index (κ1) is 17.0. The molecule has 0 radical (unpaired) electrons. The second-order valence-corrected chi connectivity index (χ2v) is 7.35. The molecule has 7 heteroatoms. The number of rotatable bonds is 2. The van der Waals surface area contributed by atoms with Gasteiger partial charge in [-0.2, -0.15) is 0 Å². The molecule has 0 unspecified atom stereocenters. The fourth-order valence-corrected chi connectivity index (χ4v) is 3.73. The summed E-state index contributed by atoms with van der Waals surface area (Å²) in [6, 6.07) is 5.31. The average molecular weight is 359 g/mol. The number of likely N-dealkylation sites (tertiary alicyclic amines) is 1. The van der Waals surface area contributed by atoms with Crippen LogP contribution < -0.4 is 19.7 Å². The van der Waals surface area contributed by atoms with E-state index >= 15 is 0 Å². The molecule has 140 valence electrons. The molecule has 2 fully saturated rings. The Hall–Kier alpha value is -2.44. The van der Waals surface area contributed by atoms with Gasteiger partial charge in [-0.1, -0.05) is 6.92 Å². The van der Waals surface area contributed by atoms with Gasteiger partial charge in [0.2, 0.25) is 5.91 Å². The summed E-state index contributed by atoms with van der Waals surface area (Å²) in [6.07, 6.45) is 2.41. The van der Waals surface area contributed by atoms with E-state index in [-0.39, 0.29) is 18.0 Å². The summed E-state index contributed by atoms with van der Waals surface area (Å²) in [7, 11) is 0. The lowest BCUT2D eigenvalue weighted by Gasteiger charge is -2.31. The van der Waals surface area contributed by atoms with E-state index in [1.807, 2.05) is 23.1 Å². The second-order valence-electron chi connectivity index (χ2n) is 7.35. The van der Waals surface area contributed by atoms with Gasteiger partial charge in [-0.3, -0.25) is 4.79 Å².